The average molecular weight is 342 g/mol. The third-order valence-electron chi connectivity index (χ3n) is 3.98. The van der Waals surface area contributed by atoms with Crippen molar-refractivity contribution in [1.82, 2.24) is 0 Å². The van der Waals surface area contributed by atoms with Gasteiger partial charge in [-0.1, -0.05) is 0 Å². The molecule has 10 atom stereocenters. The lowest BCUT2D eigenvalue weighted by Crippen LogP contribution is -2.64. The number of rotatable bonds is 4. The third-order valence-corrected chi connectivity index (χ3v) is 3.98. The summed E-state index contributed by atoms with van der Waals surface area (Å²) in [5.74, 6) is 0. The van der Waals surface area contributed by atoms with Crippen LogP contribution >= 0.6 is 0 Å². The molecule has 0 aliphatic carbocycles. The molecule has 0 saturated carbocycles. The molecule has 2 heterocycles. The molecule has 0 radical (unpaired) electrons. The Bertz CT molecular complexity index is 380. The van der Waals surface area contributed by atoms with Gasteiger partial charge in [0.1, 0.15) is 48.8 Å². The molecule has 11 heteroatoms. The predicted molar refractivity (Wildman–Crippen MR) is 68.6 cm³/mol. The summed E-state index contributed by atoms with van der Waals surface area (Å²) < 4.78 is 15.1. The zero-order chi connectivity index (χ0) is 17.3. The summed E-state index contributed by atoms with van der Waals surface area (Å²) in [6.07, 6.45) is -15.7. The molecule has 2 aliphatic rings. The summed E-state index contributed by atoms with van der Waals surface area (Å²) in [6, 6.07) is 0. The van der Waals surface area contributed by atoms with Crippen LogP contribution in [0.4, 0.5) is 0 Å². The van der Waals surface area contributed by atoms with Crippen molar-refractivity contribution in [1.29, 1.82) is 0 Å². The summed E-state index contributed by atoms with van der Waals surface area (Å²) in [5, 5.41) is 76.8. The Morgan fingerprint density at radius 1 is 0.652 bits per heavy atom. The molecular formula is C12H22O11. The Hall–Kier alpha value is -0.440. The zero-order valence-electron chi connectivity index (χ0n) is 12.0. The van der Waals surface area contributed by atoms with Gasteiger partial charge < -0.3 is 55.1 Å². The largest absolute Gasteiger partial charge is 0.394 e. The molecule has 0 amide bonds. The van der Waals surface area contributed by atoms with Crippen LogP contribution < -0.4 is 0 Å². The minimum absolute atomic E-state index is 0.667. The molecule has 11 nitrogen and oxygen atoms in total. The van der Waals surface area contributed by atoms with Crippen LogP contribution in [0.5, 0.6) is 0 Å². The molecule has 2 aliphatic heterocycles. The van der Waals surface area contributed by atoms with Crippen molar-refractivity contribution in [2.75, 3.05) is 13.2 Å². The molecular weight excluding hydrogens is 320 g/mol. The second-order valence-corrected chi connectivity index (χ2v) is 5.53. The highest BCUT2D eigenvalue weighted by molar-refractivity contribution is 4.93. The second-order valence-electron chi connectivity index (χ2n) is 5.53. The molecule has 2 rings (SSSR count). The number of hydrogen-bond donors (Lipinski definition) is 8. The van der Waals surface area contributed by atoms with E-state index in [1.54, 1.807) is 0 Å². The predicted octanol–water partition coefficient (Wildman–Crippen LogP) is -5.40. The van der Waals surface area contributed by atoms with Gasteiger partial charge >= 0.3 is 0 Å². The van der Waals surface area contributed by atoms with E-state index in [1.165, 1.54) is 0 Å². The number of aliphatic hydroxyl groups is 8. The SMILES string of the molecule is OC[C@H]1O[C@H](O[C@H]2[C@H](O)[C@@H](CO)OC(O)[C@H]2O)[C@@H](O)[C@@H](O)[C@H]1O. The van der Waals surface area contributed by atoms with E-state index >= 15 is 0 Å². The van der Waals surface area contributed by atoms with Gasteiger partial charge in [0.05, 0.1) is 13.2 Å². The molecule has 136 valence electrons. The first kappa shape index (κ1) is 18.9. The van der Waals surface area contributed by atoms with Gasteiger partial charge in [0.25, 0.3) is 0 Å². The maximum Gasteiger partial charge on any atom is 0.187 e. The van der Waals surface area contributed by atoms with Crippen LogP contribution in [-0.4, -0.2) is 115 Å². The summed E-state index contributed by atoms with van der Waals surface area (Å²) in [5.41, 5.74) is 0. The van der Waals surface area contributed by atoms with Gasteiger partial charge in [-0.3, -0.25) is 0 Å². The fourth-order valence-electron chi connectivity index (χ4n) is 2.56. The van der Waals surface area contributed by atoms with Crippen LogP contribution in [-0.2, 0) is 14.2 Å². The Labute approximate surface area is 130 Å². The van der Waals surface area contributed by atoms with Gasteiger partial charge in [-0.2, -0.15) is 0 Å². The number of hydrogen-bond acceptors (Lipinski definition) is 11. The van der Waals surface area contributed by atoms with E-state index in [-0.39, 0.29) is 0 Å². The van der Waals surface area contributed by atoms with Crippen molar-refractivity contribution < 1.29 is 55.1 Å². The monoisotopic (exact) mass is 342 g/mol. The molecule has 0 bridgehead atoms. The van der Waals surface area contributed by atoms with Crippen LogP contribution in [0.25, 0.3) is 0 Å². The lowest BCUT2D eigenvalue weighted by molar-refractivity contribution is -0.355. The third kappa shape index (κ3) is 3.65. The summed E-state index contributed by atoms with van der Waals surface area (Å²) in [7, 11) is 0. The highest BCUT2D eigenvalue weighted by Gasteiger charge is 2.50. The van der Waals surface area contributed by atoms with Crippen molar-refractivity contribution in [2.24, 2.45) is 0 Å². The van der Waals surface area contributed by atoms with Crippen LogP contribution in [0.1, 0.15) is 0 Å². The van der Waals surface area contributed by atoms with E-state index in [0.717, 1.165) is 0 Å². The molecule has 1 unspecified atom stereocenters. The van der Waals surface area contributed by atoms with Crippen molar-refractivity contribution in [3.8, 4) is 0 Å². The fourth-order valence-corrected chi connectivity index (χ4v) is 2.56. The molecule has 0 spiro atoms. The molecule has 8 N–H and O–H groups in total. The van der Waals surface area contributed by atoms with Gasteiger partial charge in [0.15, 0.2) is 12.6 Å². The Morgan fingerprint density at radius 2 is 1.22 bits per heavy atom. The molecule has 0 aromatic carbocycles. The summed E-state index contributed by atoms with van der Waals surface area (Å²) >= 11 is 0. The minimum atomic E-state index is -1.76. The van der Waals surface area contributed by atoms with Gasteiger partial charge in [-0.25, -0.2) is 0 Å². The topological polar surface area (TPSA) is 190 Å². The molecule has 23 heavy (non-hydrogen) atoms. The average Bonchev–Trinajstić information content (AvgIpc) is 2.54. The van der Waals surface area contributed by atoms with E-state index in [2.05, 4.69) is 0 Å². The Balaban J connectivity index is 2.11. The maximum absolute atomic E-state index is 10.00. The second kappa shape index (κ2) is 7.63. The highest BCUT2D eigenvalue weighted by Crippen LogP contribution is 2.28. The van der Waals surface area contributed by atoms with Crippen molar-refractivity contribution in [3.05, 3.63) is 0 Å². The van der Waals surface area contributed by atoms with E-state index in [4.69, 9.17) is 24.4 Å². The van der Waals surface area contributed by atoms with Crippen molar-refractivity contribution in [2.45, 2.75) is 61.4 Å². The summed E-state index contributed by atoms with van der Waals surface area (Å²) in [4.78, 5) is 0. The first-order valence-corrected chi connectivity index (χ1v) is 7.08. The molecule has 0 aromatic heterocycles. The van der Waals surface area contributed by atoms with Crippen LogP contribution in [0.2, 0.25) is 0 Å². The van der Waals surface area contributed by atoms with Gasteiger partial charge in [-0.15, -0.1) is 0 Å². The Morgan fingerprint density at radius 3 is 1.78 bits per heavy atom. The zero-order valence-corrected chi connectivity index (χ0v) is 12.0. The number of aliphatic hydroxyl groups excluding tert-OH is 8. The van der Waals surface area contributed by atoms with Crippen LogP contribution in [0.3, 0.4) is 0 Å². The van der Waals surface area contributed by atoms with Crippen molar-refractivity contribution in [3.63, 3.8) is 0 Å². The molecule has 0 aromatic rings. The lowest BCUT2D eigenvalue weighted by Gasteiger charge is -2.45. The van der Waals surface area contributed by atoms with Gasteiger partial charge in [0.2, 0.25) is 0 Å². The number of ether oxygens (including phenoxy) is 3. The first-order chi connectivity index (χ1) is 10.8. The fraction of sp³-hybridized carbons (Fsp3) is 1.00. The lowest BCUT2D eigenvalue weighted by atomic mass is 9.97. The normalized spacial score (nSPS) is 51.7. The van der Waals surface area contributed by atoms with Crippen LogP contribution in [0.15, 0.2) is 0 Å². The van der Waals surface area contributed by atoms with Crippen molar-refractivity contribution >= 4 is 0 Å². The standard InChI is InChI=1S/C12H22O11/c13-1-3-5(15)7(17)8(18)12(22-3)23-10-6(16)4(2-14)21-11(20)9(10)19/h3-20H,1-2H2/t3-,4-,5+,6-,7+,8+,9+,10+,11?,12-/m1/s1. The first-order valence-electron chi connectivity index (χ1n) is 7.08. The van der Waals surface area contributed by atoms with E-state index < -0.39 is 74.6 Å². The minimum Gasteiger partial charge on any atom is -0.394 e. The van der Waals surface area contributed by atoms with E-state index in [1.807, 2.05) is 0 Å². The quantitative estimate of drug-likeness (QED) is 0.243. The highest BCUT2D eigenvalue weighted by atomic mass is 16.7. The molecule has 2 saturated heterocycles. The Kier molecular flexibility index (Phi) is 6.27. The smallest absolute Gasteiger partial charge is 0.187 e. The van der Waals surface area contributed by atoms with Gasteiger partial charge in [-0.05, 0) is 0 Å². The van der Waals surface area contributed by atoms with Gasteiger partial charge in [0, 0.05) is 0 Å². The maximum atomic E-state index is 10.00. The summed E-state index contributed by atoms with van der Waals surface area (Å²) in [6.45, 7) is -1.34. The van der Waals surface area contributed by atoms with E-state index in [0.29, 0.717) is 0 Å². The molecule has 2 fully saturated rings. The van der Waals surface area contributed by atoms with E-state index in [9.17, 15) is 30.6 Å². The van der Waals surface area contributed by atoms with Crippen LogP contribution in [0, 0.1) is 0 Å².